The molecule has 0 atom stereocenters. The van der Waals surface area contributed by atoms with Gasteiger partial charge in [0.1, 0.15) is 11.6 Å². The zero-order valence-corrected chi connectivity index (χ0v) is 12.4. The van der Waals surface area contributed by atoms with Crippen molar-refractivity contribution in [2.45, 2.75) is 38.5 Å². The normalized spacial score (nSPS) is 14.1. The number of benzene rings is 1. The van der Waals surface area contributed by atoms with Crippen LogP contribution < -0.4 is 10.5 Å². The van der Waals surface area contributed by atoms with Gasteiger partial charge < -0.3 is 10.5 Å². The first-order chi connectivity index (χ1) is 10.2. The Balaban J connectivity index is 1.57. The van der Waals surface area contributed by atoms with Crippen LogP contribution in [0, 0.1) is 6.92 Å². The molecule has 0 spiro atoms. The molecule has 1 aliphatic carbocycles. The Hall–Kier alpha value is -2.10. The molecule has 0 amide bonds. The van der Waals surface area contributed by atoms with Gasteiger partial charge in [0.25, 0.3) is 0 Å². The van der Waals surface area contributed by atoms with Gasteiger partial charge >= 0.3 is 0 Å². The highest BCUT2D eigenvalue weighted by Gasteiger charge is 2.28. The fraction of sp³-hybridized carbons (Fsp3) is 0.412. The second kappa shape index (κ2) is 6.12. The Labute approximate surface area is 125 Å². The lowest BCUT2D eigenvalue weighted by Gasteiger charge is -2.11. The van der Waals surface area contributed by atoms with Gasteiger partial charge in [0, 0.05) is 5.92 Å². The van der Waals surface area contributed by atoms with Crippen LogP contribution in [0.4, 0.5) is 5.82 Å². The molecule has 3 rings (SSSR count). The third kappa shape index (κ3) is 3.51. The lowest BCUT2D eigenvalue weighted by Crippen LogP contribution is -2.08. The molecule has 2 N–H and O–H groups in total. The summed E-state index contributed by atoms with van der Waals surface area (Å²) in [6.45, 7) is 2.56. The van der Waals surface area contributed by atoms with Gasteiger partial charge in [0.2, 0.25) is 5.88 Å². The van der Waals surface area contributed by atoms with E-state index in [1.165, 1.54) is 5.56 Å². The predicted octanol–water partition coefficient (Wildman–Crippen LogP) is 3.26. The summed E-state index contributed by atoms with van der Waals surface area (Å²) in [7, 11) is 0. The molecule has 0 unspecified atom stereocenters. The minimum atomic E-state index is 0.486. The lowest BCUT2D eigenvalue weighted by atomic mass is 10.1. The second-order valence-corrected chi connectivity index (χ2v) is 5.61. The Kier molecular flexibility index (Phi) is 4.04. The number of nitrogens with two attached hydrogens (primary N) is 1. The average Bonchev–Trinajstić information content (AvgIpc) is 3.33. The summed E-state index contributed by atoms with van der Waals surface area (Å²) < 4.78 is 5.83. The molecular formula is C17H21N3O. The van der Waals surface area contributed by atoms with Gasteiger partial charge in [0.05, 0.1) is 12.2 Å². The Morgan fingerprint density at radius 2 is 1.95 bits per heavy atom. The van der Waals surface area contributed by atoms with Crippen molar-refractivity contribution in [1.82, 2.24) is 9.97 Å². The topological polar surface area (TPSA) is 61.0 Å². The molecule has 21 heavy (non-hydrogen) atoms. The molecule has 0 bridgehead atoms. The van der Waals surface area contributed by atoms with Crippen LogP contribution in [0.25, 0.3) is 0 Å². The van der Waals surface area contributed by atoms with E-state index in [9.17, 15) is 0 Å². The third-order valence-electron chi connectivity index (χ3n) is 3.79. The van der Waals surface area contributed by atoms with Gasteiger partial charge in [-0.1, -0.05) is 30.3 Å². The van der Waals surface area contributed by atoms with Crippen molar-refractivity contribution in [2.75, 3.05) is 12.3 Å². The van der Waals surface area contributed by atoms with Crippen LogP contribution in [0.1, 0.15) is 42.1 Å². The maximum absolute atomic E-state index is 5.95. The largest absolute Gasteiger partial charge is 0.477 e. The van der Waals surface area contributed by atoms with Crippen LogP contribution in [0.3, 0.4) is 0 Å². The molecule has 2 aromatic rings. The summed E-state index contributed by atoms with van der Waals surface area (Å²) in [5.74, 6) is 2.53. The Bertz CT molecular complexity index is 609. The monoisotopic (exact) mass is 283 g/mol. The van der Waals surface area contributed by atoms with E-state index >= 15 is 0 Å². The highest BCUT2D eigenvalue weighted by molar-refractivity contribution is 5.45. The molecule has 0 saturated heterocycles. The van der Waals surface area contributed by atoms with Gasteiger partial charge in [0.15, 0.2) is 0 Å². The first-order valence-corrected chi connectivity index (χ1v) is 7.55. The van der Waals surface area contributed by atoms with E-state index in [1.807, 2.05) is 13.0 Å². The van der Waals surface area contributed by atoms with E-state index in [0.29, 0.717) is 24.2 Å². The smallest absolute Gasteiger partial charge is 0.221 e. The van der Waals surface area contributed by atoms with E-state index < -0.39 is 0 Å². The molecule has 1 aliphatic rings. The number of ether oxygens (including phenoxy) is 1. The summed E-state index contributed by atoms with van der Waals surface area (Å²) in [5, 5.41) is 0. The predicted molar refractivity (Wildman–Crippen MR) is 83.4 cm³/mol. The highest BCUT2D eigenvalue weighted by atomic mass is 16.5. The Morgan fingerprint density at radius 1 is 1.19 bits per heavy atom. The van der Waals surface area contributed by atoms with Crippen LogP contribution in [0.15, 0.2) is 30.3 Å². The van der Waals surface area contributed by atoms with Gasteiger partial charge in [-0.15, -0.1) is 0 Å². The van der Waals surface area contributed by atoms with Crippen LogP contribution in [-0.4, -0.2) is 16.6 Å². The first kappa shape index (κ1) is 13.9. The van der Waals surface area contributed by atoms with Crippen molar-refractivity contribution >= 4 is 5.82 Å². The minimum Gasteiger partial charge on any atom is -0.477 e. The Morgan fingerprint density at radius 3 is 2.67 bits per heavy atom. The number of nitrogens with zero attached hydrogens (tertiary/aromatic N) is 2. The van der Waals surface area contributed by atoms with Gasteiger partial charge in [-0.2, -0.15) is 4.98 Å². The van der Waals surface area contributed by atoms with Crippen molar-refractivity contribution in [3.8, 4) is 5.88 Å². The van der Waals surface area contributed by atoms with E-state index in [0.717, 1.165) is 37.1 Å². The SMILES string of the molecule is Cc1c(N)nc(C2CC2)nc1OCCCc1ccccc1. The van der Waals surface area contributed by atoms with Crippen LogP contribution in [-0.2, 0) is 6.42 Å². The molecule has 4 heteroatoms. The maximum atomic E-state index is 5.95. The number of hydrogen-bond acceptors (Lipinski definition) is 4. The summed E-state index contributed by atoms with van der Waals surface area (Å²) in [5.41, 5.74) is 8.13. The molecule has 1 saturated carbocycles. The molecule has 110 valence electrons. The number of anilines is 1. The van der Waals surface area contributed by atoms with E-state index in [2.05, 4.69) is 34.2 Å². The first-order valence-electron chi connectivity index (χ1n) is 7.55. The number of hydrogen-bond donors (Lipinski definition) is 1. The molecule has 1 fully saturated rings. The van der Waals surface area contributed by atoms with Crippen molar-refractivity contribution in [3.05, 3.63) is 47.3 Å². The number of nitrogen functional groups attached to an aromatic ring is 1. The van der Waals surface area contributed by atoms with Crippen LogP contribution in [0.2, 0.25) is 0 Å². The summed E-state index contributed by atoms with van der Waals surface area (Å²) in [6, 6.07) is 10.4. The van der Waals surface area contributed by atoms with Crippen molar-refractivity contribution < 1.29 is 4.74 Å². The summed E-state index contributed by atoms with van der Waals surface area (Å²) >= 11 is 0. The van der Waals surface area contributed by atoms with Gasteiger partial charge in [-0.3, -0.25) is 0 Å². The minimum absolute atomic E-state index is 0.486. The summed E-state index contributed by atoms with van der Waals surface area (Å²) in [6.07, 6.45) is 4.30. The molecule has 0 radical (unpaired) electrons. The van der Waals surface area contributed by atoms with Crippen molar-refractivity contribution in [2.24, 2.45) is 0 Å². The molecular weight excluding hydrogens is 262 g/mol. The van der Waals surface area contributed by atoms with Gasteiger partial charge in [-0.05, 0) is 38.2 Å². The average molecular weight is 283 g/mol. The zero-order chi connectivity index (χ0) is 14.7. The lowest BCUT2D eigenvalue weighted by molar-refractivity contribution is 0.295. The zero-order valence-electron chi connectivity index (χ0n) is 12.4. The highest BCUT2D eigenvalue weighted by Crippen LogP contribution is 2.39. The van der Waals surface area contributed by atoms with Crippen LogP contribution in [0.5, 0.6) is 5.88 Å². The van der Waals surface area contributed by atoms with E-state index in [4.69, 9.17) is 10.5 Å². The van der Waals surface area contributed by atoms with Gasteiger partial charge in [-0.25, -0.2) is 4.98 Å². The van der Waals surface area contributed by atoms with Crippen molar-refractivity contribution in [3.63, 3.8) is 0 Å². The summed E-state index contributed by atoms with van der Waals surface area (Å²) in [4.78, 5) is 8.88. The molecule has 1 heterocycles. The fourth-order valence-electron chi connectivity index (χ4n) is 2.28. The van der Waals surface area contributed by atoms with Crippen molar-refractivity contribution in [1.29, 1.82) is 0 Å². The molecule has 0 aliphatic heterocycles. The quantitative estimate of drug-likeness (QED) is 0.827. The standard InChI is InChI=1S/C17H21N3O/c1-12-15(18)19-16(14-9-10-14)20-17(12)21-11-5-8-13-6-3-2-4-7-13/h2-4,6-7,14H,5,8-11H2,1H3,(H2,18,19,20). The maximum Gasteiger partial charge on any atom is 0.221 e. The second-order valence-electron chi connectivity index (χ2n) is 5.61. The van der Waals surface area contributed by atoms with Crippen LogP contribution >= 0.6 is 0 Å². The number of aromatic nitrogens is 2. The fourth-order valence-corrected chi connectivity index (χ4v) is 2.28. The third-order valence-corrected chi connectivity index (χ3v) is 3.79. The molecule has 4 nitrogen and oxygen atoms in total. The van der Waals surface area contributed by atoms with E-state index in [-0.39, 0.29) is 0 Å². The number of rotatable bonds is 6. The molecule has 1 aromatic heterocycles. The molecule has 1 aromatic carbocycles. The van der Waals surface area contributed by atoms with E-state index in [1.54, 1.807) is 0 Å². The number of aryl methyl sites for hydroxylation is 1.